The van der Waals surface area contributed by atoms with E-state index in [2.05, 4.69) is 32.4 Å². The summed E-state index contributed by atoms with van der Waals surface area (Å²) in [6.45, 7) is 4.73. The number of anilines is 1. The summed E-state index contributed by atoms with van der Waals surface area (Å²) in [6.07, 6.45) is 5.37. The number of nitrogens with one attached hydrogen (secondary N) is 2. The molecule has 1 aliphatic heterocycles. The van der Waals surface area contributed by atoms with Gasteiger partial charge in [0.25, 0.3) is 0 Å². The van der Waals surface area contributed by atoms with Gasteiger partial charge in [0.2, 0.25) is 0 Å². The quantitative estimate of drug-likeness (QED) is 0.660. The molecule has 1 aromatic rings. The minimum atomic E-state index is 0.389. The van der Waals surface area contributed by atoms with Crippen molar-refractivity contribution in [1.29, 1.82) is 0 Å². The molecule has 2 fully saturated rings. The monoisotopic (exact) mass is 307 g/mol. The molecule has 114 valence electrons. The Hall–Kier alpha value is -1.49. The maximum Gasteiger partial charge on any atom is 0.191 e. The first-order valence-corrected chi connectivity index (χ1v) is 8.07. The van der Waals surface area contributed by atoms with Crippen molar-refractivity contribution in [1.82, 2.24) is 15.6 Å². The molecule has 1 aromatic heterocycles. The van der Waals surface area contributed by atoms with Crippen molar-refractivity contribution < 1.29 is 0 Å². The number of guanidine groups is 1. The Kier molecular flexibility index (Phi) is 4.48. The lowest BCUT2D eigenvalue weighted by Crippen LogP contribution is -2.45. The van der Waals surface area contributed by atoms with Crippen molar-refractivity contribution in [2.45, 2.75) is 38.3 Å². The Bertz CT molecular complexity index is 515. The Morgan fingerprint density at radius 3 is 2.90 bits per heavy atom. The second-order valence-electron chi connectivity index (χ2n) is 5.63. The van der Waals surface area contributed by atoms with Gasteiger partial charge < -0.3 is 15.5 Å². The van der Waals surface area contributed by atoms with Crippen LogP contribution in [0.25, 0.3) is 0 Å². The van der Waals surface area contributed by atoms with Crippen molar-refractivity contribution in [2.75, 3.05) is 24.5 Å². The molecule has 2 aliphatic rings. The summed E-state index contributed by atoms with van der Waals surface area (Å²) in [4.78, 5) is 11.1. The first kappa shape index (κ1) is 14.4. The number of aromatic nitrogens is 1. The van der Waals surface area contributed by atoms with Gasteiger partial charge in [-0.05, 0) is 38.3 Å². The fourth-order valence-corrected chi connectivity index (χ4v) is 2.83. The minimum Gasteiger partial charge on any atom is -0.354 e. The predicted molar refractivity (Wildman–Crippen MR) is 87.1 cm³/mol. The van der Waals surface area contributed by atoms with E-state index < -0.39 is 0 Å². The van der Waals surface area contributed by atoms with Crippen molar-refractivity contribution in [3.05, 3.63) is 23.4 Å². The molecule has 1 aliphatic carbocycles. The number of hydrogen-bond donors (Lipinski definition) is 2. The standard InChI is InChI=1S/C15H22ClN5/c1-2-17-15(19-11-5-6-11)20-12-7-9-21(10-12)14-13(16)4-3-8-18-14/h3-4,8,11-12H,2,5-7,9-10H2,1H3,(H2,17,19,20). The van der Waals surface area contributed by atoms with Gasteiger partial charge in [0.05, 0.1) is 5.02 Å². The molecule has 2 N–H and O–H groups in total. The molecule has 1 saturated carbocycles. The highest BCUT2D eigenvalue weighted by molar-refractivity contribution is 6.32. The second kappa shape index (κ2) is 6.52. The van der Waals surface area contributed by atoms with Crippen LogP contribution >= 0.6 is 11.6 Å². The highest BCUT2D eigenvalue weighted by Gasteiger charge is 2.27. The Morgan fingerprint density at radius 1 is 1.38 bits per heavy atom. The maximum absolute atomic E-state index is 6.22. The van der Waals surface area contributed by atoms with Gasteiger partial charge in [-0.1, -0.05) is 11.6 Å². The van der Waals surface area contributed by atoms with E-state index >= 15 is 0 Å². The summed E-state index contributed by atoms with van der Waals surface area (Å²) >= 11 is 6.22. The number of pyridine rings is 1. The zero-order valence-corrected chi connectivity index (χ0v) is 13.1. The Labute approximate surface area is 130 Å². The minimum absolute atomic E-state index is 0.389. The van der Waals surface area contributed by atoms with Gasteiger partial charge in [0.15, 0.2) is 5.96 Å². The van der Waals surface area contributed by atoms with Crippen molar-refractivity contribution in [3.8, 4) is 0 Å². The first-order chi connectivity index (χ1) is 10.3. The number of hydrogen-bond acceptors (Lipinski definition) is 3. The van der Waals surface area contributed by atoms with Gasteiger partial charge >= 0.3 is 0 Å². The van der Waals surface area contributed by atoms with Gasteiger partial charge in [0.1, 0.15) is 5.82 Å². The Balaban J connectivity index is 1.58. The van der Waals surface area contributed by atoms with Crippen LogP contribution in [0.1, 0.15) is 26.2 Å². The molecule has 0 radical (unpaired) electrons. The second-order valence-corrected chi connectivity index (χ2v) is 6.03. The van der Waals surface area contributed by atoms with Gasteiger partial charge in [-0.15, -0.1) is 0 Å². The van der Waals surface area contributed by atoms with Gasteiger partial charge in [-0.2, -0.15) is 0 Å². The molecular formula is C15H22ClN5. The molecule has 0 aromatic carbocycles. The largest absolute Gasteiger partial charge is 0.354 e. The van der Waals surface area contributed by atoms with Gasteiger partial charge in [-0.3, -0.25) is 4.99 Å². The van der Waals surface area contributed by atoms with Crippen LogP contribution < -0.4 is 15.5 Å². The molecule has 1 saturated heterocycles. The smallest absolute Gasteiger partial charge is 0.191 e. The third kappa shape index (κ3) is 3.79. The van der Waals surface area contributed by atoms with E-state index in [-0.39, 0.29) is 0 Å². The third-order valence-corrected chi connectivity index (χ3v) is 4.10. The average molecular weight is 308 g/mol. The summed E-state index contributed by atoms with van der Waals surface area (Å²) < 4.78 is 0. The van der Waals surface area contributed by atoms with E-state index in [1.807, 2.05) is 12.1 Å². The summed E-state index contributed by atoms with van der Waals surface area (Å²) in [6, 6.07) is 4.76. The summed E-state index contributed by atoms with van der Waals surface area (Å²) in [7, 11) is 0. The highest BCUT2D eigenvalue weighted by atomic mass is 35.5. The third-order valence-electron chi connectivity index (χ3n) is 3.80. The van der Waals surface area contributed by atoms with Crippen molar-refractivity contribution >= 4 is 23.4 Å². The van der Waals surface area contributed by atoms with Crippen LogP contribution in [0.4, 0.5) is 5.82 Å². The Morgan fingerprint density at radius 2 is 2.19 bits per heavy atom. The van der Waals surface area contributed by atoms with E-state index in [0.29, 0.717) is 12.1 Å². The fourth-order valence-electron chi connectivity index (χ4n) is 2.59. The van der Waals surface area contributed by atoms with Crippen LogP contribution in [-0.4, -0.2) is 42.7 Å². The number of nitrogens with zero attached hydrogens (tertiary/aromatic N) is 3. The molecule has 0 spiro atoms. The number of rotatable bonds is 4. The van der Waals surface area contributed by atoms with E-state index in [1.54, 1.807) is 6.20 Å². The van der Waals surface area contributed by atoms with E-state index in [1.165, 1.54) is 12.8 Å². The lowest BCUT2D eigenvalue weighted by molar-refractivity contribution is 0.646. The van der Waals surface area contributed by atoms with Gasteiger partial charge in [-0.25, -0.2) is 4.98 Å². The highest BCUT2D eigenvalue weighted by Crippen LogP contribution is 2.25. The summed E-state index contributed by atoms with van der Waals surface area (Å²) in [5, 5.41) is 7.72. The van der Waals surface area contributed by atoms with Crippen molar-refractivity contribution in [3.63, 3.8) is 0 Å². The lowest BCUT2D eigenvalue weighted by atomic mass is 10.3. The molecule has 1 unspecified atom stereocenters. The zero-order valence-electron chi connectivity index (χ0n) is 12.3. The van der Waals surface area contributed by atoms with Crippen LogP contribution in [0, 0.1) is 0 Å². The molecular weight excluding hydrogens is 286 g/mol. The van der Waals surface area contributed by atoms with Crippen LogP contribution in [0.3, 0.4) is 0 Å². The topological polar surface area (TPSA) is 52.6 Å². The van der Waals surface area contributed by atoms with Crippen LogP contribution in [0.2, 0.25) is 5.02 Å². The SMILES string of the molecule is CCN=C(NC1CC1)NC1CCN(c2ncccc2Cl)C1. The maximum atomic E-state index is 6.22. The average Bonchev–Trinajstić information content (AvgIpc) is 3.16. The van der Waals surface area contributed by atoms with E-state index in [9.17, 15) is 0 Å². The predicted octanol–water partition coefficient (Wildman–Crippen LogP) is 2.03. The molecule has 6 heteroatoms. The fraction of sp³-hybridized carbons (Fsp3) is 0.600. The number of halogens is 1. The van der Waals surface area contributed by atoms with E-state index in [4.69, 9.17) is 11.6 Å². The van der Waals surface area contributed by atoms with Gasteiger partial charge in [0, 0.05) is 37.9 Å². The molecule has 5 nitrogen and oxygen atoms in total. The molecule has 3 rings (SSSR count). The zero-order chi connectivity index (χ0) is 14.7. The van der Waals surface area contributed by atoms with Crippen molar-refractivity contribution in [2.24, 2.45) is 4.99 Å². The van der Waals surface area contributed by atoms with Crippen LogP contribution in [-0.2, 0) is 0 Å². The normalized spacial score (nSPS) is 22.5. The summed E-state index contributed by atoms with van der Waals surface area (Å²) in [5.41, 5.74) is 0. The lowest BCUT2D eigenvalue weighted by Gasteiger charge is -2.20. The molecule has 1 atom stereocenters. The molecule has 0 amide bonds. The number of aliphatic imine (C=N–C) groups is 1. The summed E-state index contributed by atoms with van der Waals surface area (Å²) in [5.74, 6) is 1.83. The molecule has 21 heavy (non-hydrogen) atoms. The molecule has 2 heterocycles. The van der Waals surface area contributed by atoms with Crippen LogP contribution in [0.5, 0.6) is 0 Å². The van der Waals surface area contributed by atoms with E-state index in [0.717, 1.165) is 42.9 Å². The molecule has 0 bridgehead atoms. The first-order valence-electron chi connectivity index (χ1n) is 7.69. The van der Waals surface area contributed by atoms with Crippen LogP contribution in [0.15, 0.2) is 23.3 Å².